The molecule has 0 bridgehead atoms. The molecule has 0 radical (unpaired) electrons. The van der Waals surface area contributed by atoms with E-state index in [9.17, 15) is 35.5 Å². The summed E-state index contributed by atoms with van der Waals surface area (Å²) in [5, 5.41) is 5.96. The third-order valence-corrected chi connectivity index (χ3v) is 7.55. The number of aromatic nitrogens is 3. The number of hydrogen-bond donors (Lipinski definition) is 1. The molecule has 2 heterocycles. The van der Waals surface area contributed by atoms with Crippen molar-refractivity contribution >= 4 is 21.8 Å². The van der Waals surface area contributed by atoms with Crippen molar-refractivity contribution in [1.29, 1.82) is 0 Å². The van der Waals surface area contributed by atoms with Crippen molar-refractivity contribution in [1.82, 2.24) is 20.1 Å². The zero-order valence-electron chi connectivity index (χ0n) is 21.6. The van der Waals surface area contributed by atoms with Crippen molar-refractivity contribution in [3.8, 4) is 11.8 Å². The van der Waals surface area contributed by atoms with E-state index in [0.717, 1.165) is 12.1 Å². The van der Waals surface area contributed by atoms with Crippen LogP contribution in [0.4, 0.5) is 30.7 Å². The van der Waals surface area contributed by atoms with Gasteiger partial charge in [-0.15, -0.1) is 0 Å². The van der Waals surface area contributed by atoms with Gasteiger partial charge in [0.2, 0.25) is 5.91 Å². The predicted molar refractivity (Wildman–Crippen MR) is 137 cm³/mol. The maximum Gasteiger partial charge on any atom is 0.435 e. The van der Waals surface area contributed by atoms with Crippen LogP contribution in [-0.2, 0) is 29.9 Å². The molecule has 1 aromatic carbocycles. The summed E-state index contributed by atoms with van der Waals surface area (Å²) in [6, 6.07) is 4.94. The van der Waals surface area contributed by atoms with E-state index < -0.39 is 71.0 Å². The number of nitrogens with zero attached hydrogens (tertiary/aromatic N) is 3. The maximum absolute atomic E-state index is 14.9. The van der Waals surface area contributed by atoms with Gasteiger partial charge in [0, 0.05) is 27.9 Å². The zero-order chi connectivity index (χ0) is 29.9. The fraction of sp³-hybridized carbons (Fsp3) is 0.393. The van der Waals surface area contributed by atoms with Crippen molar-refractivity contribution in [2.75, 3.05) is 0 Å². The standard InChI is InChI=1S/C28H22BrF7N4O/c1-13(2)3-4-17-5-6-20(29)24(37-17)21(9-14-7-15(30)10-16(31)8-14)38-22(41)12-40-26-23(25(39-40)28(34,35)36)18-11-19(18)27(26,32)33/h5-8,10,13,18-19,21H,9,11-12H2,1-2H3,(H,38,41)/t18-,19+,21-/m0/s1. The van der Waals surface area contributed by atoms with Gasteiger partial charge in [-0.05, 0) is 70.4 Å². The summed E-state index contributed by atoms with van der Waals surface area (Å²) < 4.78 is 99.6. The Balaban J connectivity index is 1.49. The van der Waals surface area contributed by atoms with E-state index in [-0.39, 0.29) is 30.0 Å². The van der Waals surface area contributed by atoms with Crippen LogP contribution < -0.4 is 5.32 Å². The van der Waals surface area contributed by atoms with Gasteiger partial charge in [-0.25, -0.2) is 13.8 Å². The number of carbonyl (C=O) groups is 1. The van der Waals surface area contributed by atoms with E-state index >= 15 is 0 Å². The lowest BCUT2D eigenvalue weighted by molar-refractivity contribution is -0.142. The first-order valence-electron chi connectivity index (χ1n) is 12.6. The van der Waals surface area contributed by atoms with Crippen LogP contribution in [0.5, 0.6) is 0 Å². The quantitative estimate of drug-likeness (QED) is 0.242. The third kappa shape index (κ3) is 5.84. The molecule has 1 fully saturated rings. The average Bonchev–Trinajstić information content (AvgIpc) is 3.50. The third-order valence-electron chi connectivity index (χ3n) is 6.88. The van der Waals surface area contributed by atoms with Crippen LogP contribution in [0.25, 0.3) is 0 Å². The molecule has 2 aromatic heterocycles. The van der Waals surface area contributed by atoms with Gasteiger partial charge >= 0.3 is 6.18 Å². The highest BCUT2D eigenvalue weighted by molar-refractivity contribution is 9.10. The minimum atomic E-state index is -4.98. The molecule has 0 spiro atoms. The minimum Gasteiger partial charge on any atom is -0.346 e. The van der Waals surface area contributed by atoms with Gasteiger partial charge < -0.3 is 5.32 Å². The summed E-state index contributed by atoms with van der Waals surface area (Å²) in [6.45, 7) is 2.81. The fourth-order valence-electron chi connectivity index (χ4n) is 5.14. The van der Waals surface area contributed by atoms with Gasteiger partial charge in [-0.3, -0.25) is 9.48 Å². The van der Waals surface area contributed by atoms with E-state index in [0.29, 0.717) is 20.9 Å². The smallest absolute Gasteiger partial charge is 0.346 e. The first-order chi connectivity index (χ1) is 19.1. The van der Waals surface area contributed by atoms with E-state index in [2.05, 4.69) is 43.2 Å². The molecule has 0 saturated heterocycles. The Hall–Kier alpha value is -3.40. The average molecular weight is 643 g/mol. The Morgan fingerprint density at radius 3 is 2.51 bits per heavy atom. The number of hydrogen-bond acceptors (Lipinski definition) is 3. The van der Waals surface area contributed by atoms with Gasteiger partial charge in [-0.1, -0.05) is 19.8 Å². The SMILES string of the molecule is CC(C)C#Cc1ccc(Br)c([C@H](Cc2cc(F)cc(F)c2)NC(=O)Cn2nc(C(F)(F)F)c3c2C(F)(F)[C@@H]2C[C@H]32)n1. The molecule has 0 unspecified atom stereocenters. The number of amides is 1. The molecule has 3 atom stereocenters. The lowest BCUT2D eigenvalue weighted by Crippen LogP contribution is -2.35. The lowest BCUT2D eigenvalue weighted by Gasteiger charge is -2.21. The van der Waals surface area contributed by atoms with Crippen molar-refractivity contribution in [2.45, 2.75) is 57.3 Å². The summed E-state index contributed by atoms with van der Waals surface area (Å²) in [7, 11) is 0. The number of benzene rings is 1. The molecule has 5 nitrogen and oxygen atoms in total. The Kier molecular flexibility index (Phi) is 7.42. The van der Waals surface area contributed by atoms with E-state index in [1.54, 1.807) is 12.1 Å². The first kappa shape index (κ1) is 29.1. The number of carbonyl (C=O) groups excluding carboxylic acids is 1. The molecule has 1 N–H and O–H groups in total. The summed E-state index contributed by atoms with van der Waals surface area (Å²) in [4.78, 5) is 17.6. The predicted octanol–water partition coefficient (Wildman–Crippen LogP) is 6.65. The number of nitrogens with one attached hydrogen (secondary N) is 1. The van der Waals surface area contributed by atoms with Crippen LogP contribution in [0, 0.1) is 35.3 Å². The molecular formula is C28H22BrF7N4O. The number of pyridine rings is 1. The first-order valence-corrected chi connectivity index (χ1v) is 13.4. The minimum absolute atomic E-state index is 0.0243. The Bertz CT molecular complexity index is 1570. The molecule has 2 aliphatic rings. The second-order valence-electron chi connectivity index (χ2n) is 10.4. The van der Waals surface area contributed by atoms with E-state index in [1.807, 2.05) is 13.8 Å². The second-order valence-corrected chi connectivity index (χ2v) is 11.3. The van der Waals surface area contributed by atoms with Crippen LogP contribution in [0.3, 0.4) is 0 Å². The molecule has 13 heteroatoms. The molecular weight excluding hydrogens is 621 g/mol. The Labute approximate surface area is 238 Å². The van der Waals surface area contributed by atoms with Crippen LogP contribution in [0.1, 0.15) is 66.1 Å². The van der Waals surface area contributed by atoms with Crippen molar-refractivity contribution in [3.05, 3.63) is 80.3 Å². The van der Waals surface area contributed by atoms with Crippen LogP contribution >= 0.6 is 15.9 Å². The molecule has 216 valence electrons. The van der Waals surface area contributed by atoms with Crippen LogP contribution in [-0.4, -0.2) is 20.7 Å². The van der Waals surface area contributed by atoms with Gasteiger partial charge in [0.05, 0.1) is 11.7 Å². The summed E-state index contributed by atoms with van der Waals surface area (Å²) in [5.74, 6) is -2.59. The molecule has 0 aliphatic heterocycles. The normalized spacial score (nSPS) is 19.3. The van der Waals surface area contributed by atoms with Crippen molar-refractivity contribution in [3.63, 3.8) is 0 Å². The summed E-state index contributed by atoms with van der Waals surface area (Å²) in [6.07, 6.45) is -5.24. The molecule has 2 aliphatic carbocycles. The fourth-order valence-corrected chi connectivity index (χ4v) is 5.64. The van der Waals surface area contributed by atoms with Gasteiger partial charge in [0.15, 0.2) is 5.69 Å². The Morgan fingerprint density at radius 1 is 1.20 bits per heavy atom. The lowest BCUT2D eigenvalue weighted by atomic mass is 10.0. The molecule has 1 amide bonds. The highest BCUT2D eigenvalue weighted by atomic mass is 79.9. The molecule has 41 heavy (non-hydrogen) atoms. The van der Waals surface area contributed by atoms with E-state index in [4.69, 9.17) is 0 Å². The van der Waals surface area contributed by atoms with Crippen molar-refractivity contribution in [2.24, 2.45) is 11.8 Å². The van der Waals surface area contributed by atoms with Crippen molar-refractivity contribution < 1.29 is 35.5 Å². The highest BCUT2D eigenvalue weighted by Crippen LogP contribution is 2.68. The number of halogens is 8. The topological polar surface area (TPSA) is 59.8 Å². The summed E-state index contributed by atoms with van der Waals surface area (Å²) >= 11 is 3.35. The largest absolute Gasteiger partial charge is 0.435 e. The Morgan fingerprint density at radius 2 is 1.88 bits per heavy atom. The second kappa shape index (κ2) is 10.5. The van der Waals surface area contributed by atoms with Crippen LogP contribution in [0.15, 0.2) is 34.8 Å². The number of alkyl halides is 5. The van der Waals surface area contributed by atoms with Gasteiger partial charge in [-0.2, -0.15) is 27.1 Å². The highest BCUT2D eigenvalue weighted by Gasteiger charge is 2.68. The van der Waals surface area contributed by atoms with Gasteiger partial charge in [0.25, 0.3) is 5.92 Å². The number of fused-ring (bicyclic) bond motifs is 3. The maximum atomic E-state index is 14.9. The van der Waals surface area contributed by atoms with Crippen LogP contribution in [0.2, 0.25) is 0 Å². The van der Waals surface area contributed by atoms with E-state index in [1.165, 1.54) is 0 Å². The monoisotopic (exact) mass is 642 g/mol. The number of rotatable bonds is 6. The molecule has 3 aromatic rings. The summed E-state index contributed by atoms with van der Waals surface area (Å²) in [5.41, 5.74) is -2.20. The molecule has 5 rings (SSSR count). The van der Waals surface area contributed by atoms with Gasteiger partial charge in [0.1, 0.15) is 29.6 Å². The zero-order valence-corrected chi connectivity index (χ0v) is 23.2. The molecule has 1 saturated carbocycles.